The Morgan fingerprint density at radius 1 is 1.05 bits per heavy atom. The van der Waals surface area contributed by atoms with Gasteiger partial charge in [-0.05, 0) is 13.1 Å². The van der Waals surface area contributed by atoms with Crippen LogP contribution in [0.25, 0.3) is 0 Å². The van der Waals surface area contributed by atoms with E-state index in [-0.39, 0.29) is 6.61 Å². The molecule has 9 nitrogen and oxygen atoms in total. The van der Waals surface area contributed by atoms with Crippen LogP contribution in [0, 0.1) is 0 Å². The molecule has 0 heterocycles. The predicted octanol–water partition coefficient (Wildman–Crippen LogP) is -2.96. The smallest absolute Gasteiger partial charge is 0.375 e. The van der Waals surface area contributed by atoms with Gasteiger partial charge in [-0.15, -0.1) is 0 Å². The van der Waals surface area contributed by atoms with E-state index in [2.05, 4.69) is 18.7 Å². The van der Waals surface area contributed by atoms with E-state index in [9.17, 15) is 9.59 Å². The SMILES string of the molecule is CCN(CC)CCO.O=C(O)C(=O)C(O)C(O)C(O)CO. The minimum Gasteiger partial charge on any atom is -0.475 e. The monoisotopic (exact) mass is 311 g/mol. The number of rotatable bonds is 9. The molecule has 0 aromatic rings. The standard InChI is InChI=1S/C6H15NO.C6H10O7/c1-3-7(4-2)5-6-8;7-1-2(8)3(9)4(10)5(11)6(12)13/h8H,3-6H2,1-2H3;2-4,7-10H,1H2,(H,12,13). The molecule has 0 saturated heterocycles. The average molecular weight is 311 g/mol. The first-order chi connectivity index (χ1) is 9.76. The molecule has 0 aromatic carbocycles. The number of nitrogens with zero attached hydrogens (tertiary/aromatic N) is 1. The first-order valence-corrected chi connectivity index (χ1v) is 6.52. The van der Waals surface area contributed by atoms with E-state index in [1.165, 1.54) is 0 Å². The summed E-state index contributed by atoms with van der Waals surface area (Å²) in [4.78, 5) is 22.7. The Morgan fingerprint density at radius 3 is 1.76 bits per heavy atom. The summed E-state index contributed by atoms with van der Waals surface area (Å²) >= 11 is 0. The molecule has 9 heteroatoms. The molecule has 3 unspecified atom stereocenters. The maximum absolute atomic E-state index is 10.5. The number of aliphatic hydroxyl groups excluding tert-OH is 5. The van der Waals surface area contributed by atoms with Crippen LogP contribution >= 0.6 is 0 Å². The number of aliphatic carboxylic acids is 1. The van der Waals surface area contributed by atoms with Crippen molar-refractivity contribution in [3.63, 3.8) is 0 Å². The van der Waals surface area contributed by atoms with Crippen LogP contribution in [0.1, 0.15) is 13.8 Å². The van der Waals surface area contributed by atoms with E-state index in [4.69, 9.17) is 30.6 Å². The third-order valence-electron chi connectivity index (χ3n) is 2.69. The van der Waals surface area contributed by atoms with E-state index in [1.807, 2.05) is 0 Å². The molecule has 21 heavy (non-hydrogen) atoms. The number of carboxylic acid groups (broad SMARTS) is 1. The Hall–Kier alpha value is -1.10. The third-order valence-corrected chi connectivity index (χ3v) is 2.69. The van der Waals surface area contributed by atoms with Crippen molar-refractivity contribution in [2.45, 2.75) is 32.2 Å². The fourth-order valence-electron chi connectivity index (χ4n) is 1.28. The number of carboxylic acids is 1. The van der Waals surface area contributed by atoms with Gasteiger partial charge < -0.3 is 35.5 Å². The Labute approximate surface area is 123 Å². The van der Waals surface area contributed by atoms with Crippen LogP contribution < -0.4 is 0 Å². The maximum Gasteiger partial charge on any atom is 0.375 e. The molecule has 0 aromatic heterocycles. The highest BCUT2D eigenvalue weighted by atomic mass is 16.4. The molecule has 0 bridgehead atoms. The molecule has 0 radical (unpaired) electrons. The molecule has 0 aliphatic carbocycles. The molecule has 0 aliphatic rings. The highest BCUT2D eigenvalue weighted by Crippen LogP contribution is 2.01. The number of hydrogen-bond donors (Lipinski definition) is 6. The first-order valence-electron chi connectivity index (χ1n) is 6.52. The molecule has 0 saturated carbocycles. The minimum absolute atomic E-state index is 0.279. The van der Waals surface area contributed by atoms with Crippen LogP contribution in [0.5, 0.6) is 0 Å². The van der Waals surface area contributed by atoms with Gasteiger partial charge in [-0.3, -0.25) is 4.79 Å². The average Bonchev–Trinajstić information content (AvgIpc) is 2.49. The lowest BCUT2D eigenvalue weighted by atomic mass is 10.1. The zero-order chi connectivity index (χ0) is 17.0. The van der Waals surface area contributed by atoms with Crippen LogP contribution in [0.4, 0.5) is 0 Å². The van der Waals surface area contributed by atoms with Crippen molar-refractivity contribution in [1.29, 1.82) is 0 Å². The Bertz CT molecular complexity index is 295. The Balaban J connectivity index is 0. The number of hydrogen-bond acceptors (Lipinski definition) is 8. The van der Waals surface area contributed by atoms with E-state index in [1.54, 1.807) is 0 Å². The second-order valence-corrected chi connectivity index (χ2v) is 4.11. The molecule has 0 spiro atoms. The van der Waals surface area contributed by atoms with Gasteiger partial charge in [0.25, 0.3) is 5.78 Å². The van der Waals surface area contributed by atoms with Gasteiger partial charge in [0.2, 0.25) is 0 Å². The largest absolute Gasteiger partial charge is 0.475 e. The second-order valence-electron chi connectivity index (χ2n) is 4.11. The van der Waals surface area contributed by atoms with Gasteiger partial charge in [-0.2, -0.15) is 0 Å². The van der Waals surface area contributed by atoms with E-state index in [0.717, 1.165) is 19.6 Å². The van der Waals surface area contributed by atoms with E-state index < -0.39 is 36.7 Å². The third kappa shape index (κ3) is 9.45. The van der Waals surface area contributed by atoms with E-state index in [0.29, 0.717) is 0 Å². The predicted molar refractivity (Wildman–Crippen MR) is 72.6 cm³/mol. The molecule has 0 aliphatic heterocycles. The molecule has 0 fully saturated rings. The summed E-state index contributed by atoms with van der Waals surface area (Å²) in [6.45, 7) is 6.48. The quantitative estimate of drug-likeness (QED) is 0.244. The summed E-state index contributed by atoms with van der Waals surface area (Å²) < 4.78 is 0. The van der Waals surface area contributed by atoms with Crippen molar-refractivity contribution in [1.82, 2.24) is 4.90 Å². The van der Waals surface area contributed by atoms with Crippen LogP contribution in [-0.4, -0.2) is 98.5 Å². The summed E-state index contributed by atoms with van der Waals surface area (Å²) in [5.74, 6) is -3.56. The number of Topliss-reactive ketones (excluding diaryl/α,β-unsaturated/α-hetero) is 1. The van der Waals surface area contributed by atoms with Gasteiger partial charge in [0, 0.05) is 6.54 Å². The molecule has 6 N–H and O–H groups in total. The van der Waals surface area contributed by atoms with Crippen molar-refractivity contribution in [2.75, 3.05) is 32.8 Å². The van der Waals surface area contributed by atoms with Crippen LogP contribution in [-0.2, 0) is 9.59 Å². The second kappa shape index (κ2) is 12.6. The maximum atomic E-state index is 10.5. The van der Waals surface area contributed by atoms with Crippen LogP contribution in [0.3, 0.4) is 0 Å². The van der Waals surface area contributed by atoms with Gasteiger partial charge in [0.05, 0.1) is 13.2 Å². The number of aliphatic hydroxyl groups is 5. The lowest BCUT2D eigenvalue weighted by molar-refractivity contribution is -0.159. The van der Waals surface area contributed by atoms with Crippen molar-refractivity contribution in [2.24, 2.45) is 0 Å². The fourth-order valence-corrected chi connectivity index (χ4v) is 1.28. The number of carbonyl (C=O) groups excluding carboxylic acids is 1. The zero-order valence-electron chi connectivity index (χ0n) is 12.2. The zero-order valence-corrected chi connectivity index (χ0v) is 12.2. The number of carbonyl (C=O) groups is 2. The highest BCUT2D eigenvalue weighted by molar-refractivity contribution is 6.34. The van der Waals surface area contributed by atoms with Crippen molar-refractivity contribution >= 4 is 11.8 Å². The molecule has 126 valence electrons. The lowest BCUT2D eigenvalue weighted by Crippen LogP contribution is -2.46. The van der Waals surface area contributed by atoms with Crippen molar-refractivity contribution in [3.8, 4) is 0 Å². The molecular weight excluding hydrogens is 286 g/mol. The Kier molecular flexibility index (Phi) is 13.3. The van der Waals surface area contributed by atoms with Crippen molar-refractivity contribution in [3.05, 3.63) is 0 Å². The minimum atomic E-state index is -2.24. The molecule has 3 atom stereocenters. The first kappa shape index (κ1) is 22.2. The van der Waals surface area contributed by atoms with E-state index >= 15 is 0 Å². The lowest BCUT2D eigenvalue weighted by Gasteiger charge is -2.18. The van der Waals surface area contributed by atoms with Gasteiger partial charge in [0.15, 0.2) is 6.10 Å². The summed E-state index contributed by atoms with van der Waals surface area (Å²) in [5.41, 5.74) is 0. The molecular formula is C12H25NO8. The highest BCUT2D eigenvalue weighted by Gasteiger charge is 2.33. The summed E-state index contributed by atoms with van der Waals surface area (Å²) in [5, 5.41) is 51.2. The number of ketones is 1. The Morgan fingerprint density at radius 2 is 1.52 bits per heavy atom. The summed E-state index contributed by atoms with van der Waals surface area (Å²) in [7, 11) is 0. The fraction of sp³-hybridized carbons (Fsp3) is 0.833. The van der Waals surface area contributed by atoms with Gasteiger partial charge in [-0.25, -0.2) is 4.79 Å². The molecule has 0 amide bonds. The van der Waals surface area contributed by atoms with Crippen LogP contribution in [0.2, 0.25) is 0 Å². The van der Waals surface area contributed by atoms with Gasteiger partial charge in [-0.1, -0.05) is 13.8 Å². The number of likely N-dealkylation sites (N-methyl/N-ethyl adjacent to an activating group) is 1. The normalized spacial score (nSPS) is 14.9. The topological polar surface area (TPSA) is 159 Å². The van der Waals surface area contributed by atoms with Crippen LogP contribution in [0.15, 0.2) is 0 Å². The summed E-state index contributed by atoms with van der Waals surface area (Å²) in [6.07, 6.45) is -5.99. The van der Waals surface area contributed by atoms with Crippen molar-refractivity contribution < 1.29 is 40.2 Å². The van der Waals surface area contributed by atoms with Gasteiger partial charge >= 0.3 is 5.97 Å². The van der Waals surface area contributed by atoms with Gasteiger partial charge in [0.1, 0.15) is 12.2 Å². The molecule has 0 rings (SSSR count). The summed E-state index contributed by atoms with van der Waals surface area (Å²) in [6, 6.07) is 0.